The van der Waals surface area contributed by atoms with E-state index in [0.29, 0.717) is 5.92 Å². The lowest BCUT2D eigenvalue weighted by Gasteiger charge is -2.41. The largest absolute Gasteiger partial charge is 0.355 e. The number of hydrogen-bond acceptors (Lipinski definition) is 5. The number of aliphatic imine (C=N–C) groups is 1. The molecule has 0 unspecified atom stereocenters. The van der Waals surface area contributed by atoms with Gasteiger partial charge in [0.15, 0.2) is 5.82 Å². The first-order valence-electron chi connectivity index (χ1n) is 9.37. The van der Waals surface area contributed by atoms with Crippen molar-refractivity contribution in [3.8, 4) is 0 Å². The first-order valence-corrected chi connectivity index (χ1v) is 9.37. The number of aromatic nitrogens is 2. The van der Waals surface area contributed by atoms with Crippen LogP contribution in [0.1, 0.15) is 30.9 Å². The summed E-state index contributed by atoms with van der Waals surface area (Å²) in [5.41, 5.74) is 2.42. The smallest absolute Gasteiger partial charge is 0.150 e. The molecule has 134 valence electrons. The number of rotatable bonds is 5. The van der Waals surface area contributed by atoms with E-state index in [9.17, 15) is 0 Å². The number of nitrogens with zero attached hydrogens (tertiary/aromatic N) is 5. The average Bonchev–Trinajstić information content (AvgIpc) is 3.19. The number of likely N-dealkylation sites (tertiary alicyclic amines) is 1. The topological polar surface area (TPSA) is 44.6 Å². The van der Waals surface area contributed by atoms with Crippen LogP contribution in [0.4, 0.5) is 5.82 Å². The zero-order valence-electron chi connectivity index (χ0n) is 15.1. The summed E-state index contributed by atoms with van der Waals surface area (Å²) in [6, 6.07) is 0. The maximum atomic E-state index is 4.66. The van der Waals surface area contributed by atoms with Gasteiger partial charge < -0.3 is 9.80 Å². The molecular formula is C21H25N5. The lowest BCUT2D eigenvalue weighted by atomic mass is 9.95. The first-order chi connectivity index (χ1) is 12.8. The van der Waals surface area contributed by atoms with Gasteiger partial charge in [0.2, 0.25) is 0 Å². The summed E-state index contributed by atoms with van der Waals surface area (Å²) in [6.07, 6.45) is 19.7. The molecule has 3 aliphatic rings. The van der Waals surface area contributed by atoms with Crippen molar-refractivity contribution in [3.05, 3.63) is 65.9 Å². The van der Waals surface area contributed by atoms with E-state index in [1.807, 2.05) is 12.4 Å². The van der Waals surface area contributed by atoms with Crippen molar-refractivity contribution in [1.82, 2.24) is 14.9 Å². The second-order valence-corrected chi connectivity index (χ2v) is 6.98. The van der Waals surface area contributed by atoms with Crippen molar-refractivity contribution in [1.29, 1.82) is 0 Å². The number of hydrogen-bond donors (Lipinski definition) is 0. The van der Waals surface area contributed by atoms with Crippen molar-refractivity contribution in [2.24, 2.45) is 4.99 Å². The molecule has 5 heteroatoms. The van der Waals surface area contributed by atoms with Crippen molar-refractivity contribution in [2.45, 2.75) is 25.2 Å². The van der Waals surface area contributed by atoms with Crippen molar-refractivity contribution < 1.29 is 0 Å². The molecule has 2 saturated heterocycles. The molecule has 3 heterocycles. The summed E-state index contributed by atoms with van der Waals surface area (Å²) in [5, 5.41) is 0. The maximum absolute atomic E-state index is 4.66. The minimum atomic E-state index is 0.412. The lowest BCUT2D eigenvalue weighted by molar-refractivity contribution is 0.194. The van der Waals surface area contributed by atoms with Gasteiger partial charge in [-0.2, -0.15) is 0 Å². The third-order valence-corrected chi connectivity index (χ3v) is 5.22. The van der Waals surface area contributed by atoms with Gasteiger partial charge in [-0.3, -0.25) is 4.98 Å². The van der Waals surface area contributed by atoms with E-state index in [1.54, 1.807) is 0 Å². The monoisotopic (exact) mass is 347 g/mol. The normalized spacial score (nSPS) is 22.2. The van der Waals surface area contributed by atoms with E-state index >= 15 is 0 Å². The van der Waals surface area contributed by atoms with Gasteiger partial charge in [-0.1, -0.05) is 30.4 Å². The van der Waals surface area contributed by atoms with Crippen LogP contribution in [0.3, 0.4) is 0 Å². The van der Waals surface area contributed by atoms with Crippen LogP contribution in [0.15, 0.2) is 65.2 Å². The SMILES string of the molecule is C=N/C(=C\C=C1\C=CC=CC1)N1CC(c2nccnc2N2CCCC2)C1. The van der Waals surface area contributed by atoms with E-state index in [-0.39, 0.29) is 0 Å². The molecule has 2 fully saturated rings. The van der Waals surface area contributed by atoms with Crippen LogP contribution in [-0.2, 0) is 0 Å². The van der Waals surface area contributed by atoms with Crippen LogP contribution >= 0.6 is 0 Å². The first kappa shape index (κ1) is 16.8. The highest BCUT2D eigenvalue weighted by atomic mass is 15.3. The molecule has 0 aromatic carbocycles. The third kappa shape index (κ3) is 3.47. The van der Waals surface area contributed by atoms with Gasteiger partial charge in [-0.05, 0) is 37.6 Å². The zero-order chi connectivity index (χ0) is 17.8. The van der Waals surface area contributed by atoms with Crippen LogP contribution in [-0.4, -0.2) is 47.8 Å². The molecule has 4 rings (SSSR count). The van der Waals surface area contributed by atoms with Crippen LogP contribution in [0.5, 0.6) is 0 Å². The van der Waals surface area contributed by atoms with Crippen LogP contribution < -0.4 is 4.90 Å². The van der Waals surface area contributed by atoms with Crippen molar-refractivity contribution in [3.63, 3.8) is 0 Å². The summed E-state index contributed by atoms with van der Waals surface area (Å²) in [6.45, 7) is 7.78. The Bertz CT molecular complexity index is 777. The molecule has 1 aromatic rings. The minimum absolute atomic E-state index is 0.412. The fraction of sp³-hybridized carbons (Fsp3) is 0.381. The van der Waals surface area contributed by atoms with Gasteiger partial charge in [0, 0.05) is 44.5 Å². The zero-order valence-corrected chi connectivity index (χ0v) is 15.1. The highest BCUT2D eigenvalue weighted by Gasteiger charge is 2.33. The van der Waals surface area contributed by atoms with Gasteiger partial charge in [0.1, 0.15) is 5.82 Å². The summed E-state index contributed by atoms with van der Waals surface area (Å²) in [4.78, 5) is 18.1. The molecule has 1 aromatic heterocycles. The molecule has 5 nitrogen and oxygen atoms in total. The number of anilines is 1. The Hall–Kier alpha value is -2.69. The molecule has 0 N–H and O–H groups in total. The molecule has 0 radical (unpaired) electrons. The lowest BCUT2D eigenvalue weighted by Crippen LogP contribution is -2.44. The molecular weight excluding hydrogens is 322 g/mol. The Labute approximate surface area is 155 Å². The summed E-state index contributed by atoms with van der Waals surface area (Å²) in [5.74, 6) is 2.42. The highest BCUT2D eigenvalue weighted by Crippen LogP contribution is 2.34. The van der Waals surface area contributed by atoms with Crippen molar-refractivity contribution >= 4 is 12.5 Å². The van der Waals surface area contributed by atoms with Gasteiger partial charge in [0.25, 0.3) is 0 Å². The fourth-order valence-corrected chi connectivity index (χ4v) is 3.73. The van der Waals surface area contributed by atoms with Gasteiger partial charge in [-0.25, -0.2) is 9.98 Å². The van der Waals surface area contributed by atoms with E-state index in [1.165, 1.54) is 18.4 Å². The summed E-state index contributed by atoms with van der Waals surface area (Å²) >= 11 is 0. The average molecular weight is 347 g/mol. The van der Waals surface area contributed by atoms with Crippen LogP contribution in [0.2, 0.25) is 0 Å². The highest BCUT2D eigenvalue weighted by molar-refractivity contribution is 5.47. The molecule has 1 aliphatic carbocycles. The number of allylic oxidation sites excluding steroid dienone is 7. The van der Waals surface area contributed by atoms with Gasteiger partial charge >= 0.3 is 0 Å². The predicted molar refractivity (Wildman–Crippen MR) is 106 cm³/mol. The predicted octanol–water partition coefficient (Wildman–Crippen LogP) is 3.46. The van der Waals surface area contributed by atoms with Gasteiger partial charge in [0.05, 0.1) is 5.69 Å². The van der Waals surface area contributed by atoms with Crippen molar-refractivity contribution in [2.75, 3.05) is 31.1 Å². The van der Waals surface area contributed by atoms with Crippen LogP contribution in [0, 0.1) is 0 Å². The fourth-order valence-electron chi connectivity index (χ4n) is 3.73. The Morgan fingerprint density at radius 2 is 1.96 bits per heavy atom. The van der Waals surface area contributed by atoms with E-state index in [2.05, 4.69) is 67.9 Å². The standard InChI is InChI=1S/C21H25N5/c1-22-19(10-9-17-7-3-2-4-8-17)26-15-18(16-26)20-21(24-12-11-23-20)25-13-5-6-14-25/h2-4,7,9-12,18H,1,5-6,8,13-16H2/b17-9-,19-10+. The molecule has 0 amide bonds. The molecule has 2 aliphatic heterocycles. The minimum Gasteiger partial charge on any atom is -0.355 e. The Kier molecular flexibility index (Phi) is 4.95. The van der Waals surface area contributed by atoms with Gasteiger partial charge in [-0.15, -0.1) is 0 Å². The summed E-state index contributed by atoms with van der Waals surface area (Å²) in [7, 11) is 0. The molecule has 0 saturated carbocycles. The second kappa shape index (κ2) is 7.68. The quantitative estimate of drug-likeness (QED) is 0.765. The molecule has 0 bridgehead atoms. The Morgan fingerprint density at radius 3 is 2.69 bits per heavy atom. The van der Waals surface area contributed by atoms with E-state index in [4.69, 9.17) is 0 Å². The van der Waals surface area contributed by atoms with Crippen LogP contribution in [0.25, 0.3) is 0 Å². The Morgan fingerprint density at radius 1 is 1.15 bits per heavy atom. The second-order valence-electron chi connectivity index (χ2n) is 6.98. The summed E-state index contributed by atoms with van der Waals surface area (Å²) < 4.78 is 0. The molecule has 0 spiro atoms. The third-order valence-electron chi connectivity index (χ3n) is 5.22. The Balaban J connectivity index is 1.44. The molecule has 0 atom stereocenters. The maximum Gasteiger partial charge on any atom is 0.150 e. The molecule has 26 heavy (non-hydrogen) atoms. The van der Waals surface area contributed by atoms with E-state index < -0.39 is 0 Å². The van der Waals surface area contributed by atoms with E-state index in [0.717, 1.165) is 49.9 Å².